The number of H-pyrrole nitrogens is 1. The van der Waals surface area contributed by atoms with Crippen molar-refractivity contribution < 1.29 is 13.9 Å². The number of aromatic amines is 1. The van der Waals surface area contributed by atoms with Gasteiger partial charge in [0.1, 0.15) is 11.5 Å². The van der Waals surface area contributed by atoms with E-state index in [2.05, 4.69) is 4.98 Å². The minimum absolute atomic E-state index is 0.348. The van der Waals surface area contributed by atoms with Gasteiger partial charge in [-0.25, -0.2) is 9.18 Å². The Bertz CT molecular complexity index is 1200. The molecule has 6 heteroatoms. The van der Waals surface area contributed by atoms with Crippen LogP contribution >= 0.6 is 23.2 Å². The first-order valence-electron chi connectivity index (χ1n) is 9.02. The number of cyclic esters (lactones) is 1. The highest BCUT2D eigenvalue weighted by molar-refractivity contribution is 6.30. The molecule has 5 rings (SSSR count). The van der Waals surface area contributed by atoms with Crippen molar-refractivity contribution in [3.63, 3.8) is 0 Å². The summed E-state index contributed by atoms with van der Waals surface area (Å²) in [4.78, 5) is 16.1. The lowest BCUT2D eigenvalue weighted by atomic mass is 9.79. The maximum Gasteiger partial charge on any atom is 0.356 e. The zero-order valence-electron chi connectivity index (χ0n) is 15.0. The fourth-order valence-electron chi connectivity index (χ4n) is 4.00. The van der Waals surface area contributed by atoms with Gasteiger partial charge in [0.2, 0.25) is 0 Å². The van der Waals surface area contributed by atoms with Crippen molar-refractivity contribution in [1.82, 2.24) is 4.98 Å². The van der Waals surface area contributed by atoms with Gasteiger partial charge >= 0.3 is 5.97 Å². The van der Waals surface area contributed by atoms with Crippen molar-refractivity contribution in [3.8, 4) is 0 Å². The second-order valence-corrected chi connectivity index (χ2v) is 7.95. The average molecular weight is 426 g/mol. The van der Waals surface area contributed by atoms with Crippen molar-refractivity contribution in [2.45, 2.75) is 12.0 Å². The van der Waals surface area contributed by atoms with Gasteiger partial charge in [0.05, 0.1) is 0 Å². The number of nitrogens with one attached hydrogen (secondary N) is 1. The zero-order chi connectivity index (χ0) is 20.2. The third kappa shape index (κ3) is 2.91. The first-order chi connectivity index (χ1) is 14.0. The van der Waals surface area contributed by atoms with Crippen molar-refractivity contribution in [1.29, 1.82) is 0 Å². The molecule has 0 saturated carbocycles. The number of hydrogen-bond acceptors (Lipinski definition) is 2. The van der Waals surface area contributed by atoms with E-state index in [1.54, 1.807) is 30.3 Å². The molecule has 3 aromatic carbocycles. The number of fused-ring (bicyclic) bond motifs is 3. The van der Waals surface area contributed by atoms with Crippen LogP contribution in [0.4, 0.5) is 4.39 Å². The summed E-state index contributed by atoms with van der Waals surface area (Å²) in [5.74, 6) is -0.852. The molecular formula is C23H14Cl2FNO2. The van der Waals surface area contributed by atoms with E-state index in [9.17, 15) is 9.18 Å². The maximum atomic E-state index is 13.9. The third-order valence-corrected chi connectivity index (χ3v) is 5.89. The van der Waals surface area contributed by atoms with Gasteiger partial charge in [-0.05, 0) is 48.0 Å². The molecule has 0 spiro atoms. The lowest BCUT2D eigenvalue weighted by Gasteiger charge is -2.37. The Balaban J connectivity index is 1.77. The summed E-state index contributed by atoms with van der Waals surface area (Å²) in [6.45, 7) is 0. The summed E-state index contributed by atoms with van der Waals surface area (Å²) in [7, 11) is 0. The number of benzene rings is 3. The lowest BCUT2D eigenvalue weighted by Crippen LogP contribution is -2.40. The molecule has 1 aliphatic heterocycles. The van der Waals surface area contributed by atoms with Gasteiger partial charge < -0.3 is 9.72 Å². The summed E-state index contributed by atoms with van der Waals surface area (Å²) < 4.78 is 20.0. The van der Waals surface area contributed by atoms with Crippen LogP contribution < -0.4 is 0 Å². The molecular weight excluding hydrogens is 412 g/mol. The van der Waals surface area contributed by atoms with Crippen LogP contribution in [0.15, 0.2) is 66.7 Å². The van der Waals surface area contributed by atoms with Gasteiger partial charge in [0.25, 0.3) is 0 Å². The van der Waals surface area contributed by atoms with Crippen molar-refractivity contribution >= 4 is 40.1 Å². The molecule has 29 heavy (non-hydrogen) atoms. The number of rotatable bonds is 2. The predicted molar refractivity (Wildman–Crippen MR) is 111 cm³/mol. The van der Waals surface area contributed by atoms with E-state index in [4.69, 9.17) is 27.9 Å². The molecule has 1 aliphatic rings. The summed E-state index contributed by atoms with van der Waals surface area (Å²) >= 11 is 12.2. The fourth-order valence-corrected chi connectivity index (χ4v) is 4.25. The summed E-state index contributed by atoms with van der Waals surface area (Å²) in [5, 5.41) is 1.83. The lowest BCUT2D eigenvalue weighted by molar-refractivity contribution is -0.00791. The number of esters is 1. The second kappa shape index (κ2) is 6.61. The standard InChI is InChI=1S/C23H14Cl2FNO2/c24-15-5-1-13(2-6-15)23(14-3-7-16(25)8-4-14)12-19-18-11-17(26)9-10-20(18)27-21(19)22(28)29-23/h1-11,27H,12H2. The quantitative estimate of drug-likeness (QED) is 0.384. The molecule has 144 valence electrons. The smallest absolute Gasteiger partial charge is 0.356 e. The number of carbonyl (C=O) groups excluding carboxylic acids is 1. The molecule has 0 fully saturated rings. The summed E-state index contributed by atoms with van der Waals surface area (Å²) in [5.41, 5.74) is 2.23. The predicted octanol–water partition coefficient (Wildman–Crippen LogP) is 6.27. The minimum atomic E-state index is -1.08. The Labute approximate surface area is 176 Å². The van der Waals surface area contributed by atoms with Gasteiger partial charge in [-0.3, -0.25) is 0 Å². The van der Waals surface area contributed by atoms with Crippen LogP contribution in [0.2, 0.25) is 10.0 Å². The SMILES string of the molecule is O=C1OC(c2ccc(Cl)cc2)(c2ccc(Cl)cc2)Cc2c1[nH]c1ccc(F)cc21. The van der Waals surface area contributed by atoms with E-state index in [0.717, 1.165) is 16.7 Å². The monoisotopic (exact) mass is 425 g/mol. The van der Waals surface area contributed by atoms with E-state index >= 15 is 0 Å². The first-order valence-corrected chi connectivity index (χ1v) is 9.77. The average Bonchev–Trinajstić information content (AvgIpc) is 3.07. The molecule has 0 aliphatic carbocycles. The van der Waals surface area contributed by atoms with Crippen LogP contribution in [-0.2, 0) is 16.8 Å². The van der Waals surface area contributed by atoms with Crippen LogP contribution in [0.3, 0.4) is 0 Å². The summed E-state index contributed by atoms with van der Waals surface area (Å²) in [6, 6.07) is 18.8. The molecule has 0 amide bonds. The molecule has 1 N–H and O–H groups in total. The van der Waals surface area contributed by atoms with Crippen molar-refractivity contribution in [2.24, 2.45) is 0 Å². The molecule has 4 aromatic rings. The van der Waals surface area contributed by atoms with Gasteiger partial charge in [-0.2, -0.15) is 0 Å². The van der Waals surface area contributed by atoms with E-state index in [0.29, 0.717) is 33.1 Å². The molecule has 0 unspecified atom stereocenters. The van der Waals surface area contributed by atoms with Crippen LogP contribution in [0.5, 0.6) is 0 Å². The third-order valence-electron chi connectivity index (χ3n) is 5.39. The van der Waals surface area contributed by atoms with E-state index < -0.39 is 11.6 Å². The molecule has 0 radical (unpaired) electrons. The van der Waals surface area contributed by atoms with Gasteiger partial charge in [0.15, 0.2) is 5.60 Å². The number of carbonyl (C=O) groups is 1. The van der Waals surface area contributed by atoms with Gasteiger partial charge in [-0.15, -0.1) is 0 Å². The van der Waals surface area contributed by atoms with Crippen molar-refractivity contribution in [2.75, 3.05) is 0 Å². The Kier molecular flexibility index (Phi) is 4.16. The zero-order valence-corrected chi connectivity index (χ0v) is 16.5. The second-order valence-electron chi connectivity index (χ2n) is 7.08. The van der Waals surface area contributed by atoms with Crippen LogP contribution in [-0.4, -0.2) is 11.0 Å². The van der Waals surface area contributed by atoms with Crippen molar-refractivity contribution in [3.05, 3.63) is 105 Å². The molecule has 0 saturated heterocycles. The Morgan fingerprint density at radius 3 is 2.07 bits per heavy atom. The first kappa shape index (κ1) is 18.2. The fraction of sp³-hybridized carbons (Fsp3) is 0.0870. The van der Waals surface area contributed by atoms with Crippen LogP contribution in [0, 0.1) is 5.82 Å². The number of hydrogen-bond donors (Lipinski definition) is 1. The minimum Gasteiger partial charge on any atom is -0.444 e. The summed E-state index contributed by atoms with van der Waals surface area (Å²) in [6.07, 6.45) is 0.348. The molecule has 2 heterocycles. The molecule has 0 atom stereocenters. The Hall–Kier alpha value is -2.82. The van der Waals surface area contributed by atoms with E-state index in [1.807, 2.05) is 24.3 Å². The van der Waals surface area contributed by atoms with Gasteiger partial charge in [-0.1, -0.05) is 47.5 Å². The van der Waals surface area contributed by atoms with Gasteiger partial charge in [0, 0.05) is 38.5 Å². The molecule has 3 nitrogen and oxygen atoms in total. The van der Waals surface area contributed by atoms with E-state index in [1.165, 1.54) is 12.1 Å². The number of aromatic nitrogens is 1. The largest absolute Gasteiger partial charge is 0.444 e. The van der Waals surface area contributed by atoms with E-state index in [-0.39, 0.29) is 5.82 Å². The topological polar surface area (TPSA) is 42.1 Å². The molecule has 0 bridgehead atoms. The highest BCUT2D eigenvalue weighted by Crippen LogP contribution is 2.44. The van der Waals surface area contributed by atoms with Crippen LogP contribution in [0.1, 0.15) is 27.2 Å². The Morgan fingerprint density at radius 2 is 1.48 bits per heavy atom. The number of halogens is 3. The number of ether oxygens (including phenoxy) is 1. The van der Waals surface area contributed by atoms with Crippen LogP contribution in [0.25, 0.3) is 10.9 Å². The maximum absolute atomic E-state index is 13.9. The highest BCUT2D eigenvalue weighted by atomic mass is 35.5. The Morgan fingerprint density at radius 1 is 0.897 bits per heavy atom. The normalized spacial score (nSPS) is 15.2. The molecule has 1 aromatic heterocycles. The highest BCUT2D eigenvalue weighted by Gasteiger charge is 2.45.